The van der Waals surface area contributed by atoms with Gasteiger partial charge < -0.3 is 4.40 Å². The molecule has 0 radical (unpaired) electrons. The van der Waals surface area contributed by atoms with Crippen molar-refractivity contribution in [3.05, 3.63) is 159 Å². The lowest BCUT2D eigenvalue weighted by atomic mass is 9.56. The number of benzene rings is 7. The molecule has 0 saturated heterocycles. The highest BCUT2D eigenvalue weighted by Gasteiger charge is 2.70. The van der Waals surface area contributed by atoms with E-state index in [1.165, 1.54) is 180 Å². The Kier molecular flexibility index (Phi) is 7.53. The zero-order chi connectivity index (χ0) is 50.2. The summed E-state index contributed by atoms with van der Waals surface area (Å²) in [4.78, 5) is 0. The van der Waals surface area contributed by atoms with Crippen LogP contribution in [-0.2, 0) is 16.2 Å². The lowest BCUT2D eigenvalue weighted by molar-refractivity contribution is 0.00226. The summed E-state index contributed by atoms with van der Waals surface area (Å²) in [5.74, 6) is 3.71. The van der Waals surface area contributed by atoms with Gasteiger partial charge in [0.25, 0.3) is 0 Å². The van der Waals surface area contributed by atoms with Crippen LogP contribution in [0.15, 0.2) is 103 Å². The Morgan fingerprint density at radius 3 is 1.80 bits per heavy atom. The van der Waals surface area contributed by atoms with Gasteiger partial charge in [-0.25, -0.2) is 0 Å². The minimum atomic E-state index is -0.613. The van der Waals surface area contributed by atoms with Crippen molar-refractivity contribution in [2.75, 3.05) is 0 Å². The second-order valence-corrected chi connectivity index (χ2v) is 29.4. The van der Waals surface area contributed by atoms with Crippen molar-refractivity contribution in [3.8, 4) is 34.4 Å². The summed E-state index contributed by atoms with van der Waals surface area (Å²) in [6, 6.07) is 46.7. The van der Waals surface area contributed by atoms with Gasteiger partial charge in [-0.3, -0.25) is 0 Å². The van der Waals surface area contributed by atoms with Crippen molar-refractivity contribution in [3.63, 3.8) is 0 Å². The van der Waals surface area contributed by atoms with E-state index < -0.39 is 5.41 Å². The first-order chi connectivity index (χ1) is 36.2. The fourth-order valence-corrected chi connectivity index (χ4v) is 22.3. The standard InChI is InChI=1S/C72H65N3/c1-67(2,3)35-69-29-38-21-39(30-69)23-41(22-38)58-60-51-28-50-49-17-11-13-40-14-12-20-54(57(40)49)72(52-18-9-7-15-47(52)48-16-8-10-19-53(48)72)65(50)62-61-56(75(66(51)62)55(60)25-43(33-73)63(58)69)26-44(34-74)64-59(61)42-24-45-27-46-32-70(64,36-68(4,5)6)37-71(45,46)31-42/h7-20,25-26,28,38-39,41-42,45-46H,21-24,27,29-32,35-37H2,1-6H3. The first-order valence-electron chi connectivity index (χ1n) is 29.1. The van der Waals surface area contributed by atoms with Gasteiger partial charge in [0.2, 0.25) is 0 Å². The molecule has 5 saturated carbocycles. The first kappa shape index (κ1) is 42.8. The van der Waals surface area contributed by atoms with Gasteiger partial charge in [-0.1, -0.05) is 126 Å². The SMILES string of the molecule is CC(C)(C)CC12CC3CC(CC(C3)c3c1c(C#N)cc1c3c3cc4c(c5c6c7c(c(C#N)cc6n1c35)C1(CC(C)(C)C)CC3CC5CC7CC53C1)C1(c3ccccc3-c3ccccc31)c1cccc3cccc-4c13)C2. The van der Waals surface area contributed by atoms with Gasteiger partial charge in [-0.05, 0) is 235 Å². The third-order valence-corrected chi connectivity index (χ3v) is 23.0. The number of aromatic nitrogens is 1. The molecule has 75 heavy (non-hydrogen) atoms. The Hall–Kier alpha value is -6.42. The zero-order valence-corrected chi connectivity index (χ0v) is 44.6. The molecule has 0 aliphatic heterocycles. The van der Waals surface area contributed by atoms with Crippen LogP contribution in [0.4, 0.5) is 0 Å². The number of nitrogens with zero attached hydrogens (tertiary/aromatic N) is 3. The van der Waals surface area contributed by atoms with Crippen molar-refractivity contribution < 1.29 is 0 Å². The first-order valence-corrected chi connectivity index (χ1v) is 29.1. The summed E-state index contributed by atoms with van der Waals surface area (Å²) < 4.78 is 2.69. The number of nitriles is 2. The Morgan fingerprint density at radius 2 is 1.12 bits per heavy atom. The molecule has 19 rings (SSSR count). The van der Waals surface area contributed by atoms with Crippen LogP contribution in [-0.4, -0.2) is 4.40 Å². The minimum absolute atomic E-state index is 0.0316. The van der Waals surface area contributed by atoms with Crippen molar-refractivity contribution >= 4 is 48.9 Å². The highest BCUT2D eigenvalue weighted by Crippen LogP contribution is 2.80. The molecule has 9 aromatic rings. The van der Waals surface area contributed by atoms with Gasteiger partial charge >= 0.3 is 0 Å². The molecule has 5 fully saturated rings. The summed E-state index contributed by atoms with van der Waals surface area (Å²) in [6.45, 7) is 14.7. The Labute approximate surface area is 441 Å². The number of hydrogen-bond donors (Lipinski definition) is 0. The average molecular weight is 972 g/mol. The molecule has 7 atom stereocenters. The van der Waals surface area contributed by atoms with Crippen molar-refractivity contribution in [1.82, 2.24) is 4.40 Å². The van der Waals surface area contributed by atoms with E-state index in [0.717, 1.165) is 35.8 Å². The molecular weight excluding hydrogens is 907 g/mol. The highest BCUT2D eigenvalue weighted by atomic mass is 14.9. The van der Waals surface area contributed by atoms with E-state index in [2.05, 4.69) is 161 Å². The average Bonchev–Trinajstić information content (AvgIpc) is 4.15. The Balaban J connectivity index is 1.12. The van der Waals surface area contributed by atoms with E-state index in [4.69, 9.17) is 0 Å². The monoisotopic (exact) mass is 972 g/mol. The fourth-order valence-electron chi connectivity index (χ4n) is 22.3. The zero-order valence-electron chi connectivity index (χ0n) is 44.6. The number of fused-ring (bicyclic) bond motifs is 22. The van der Waals surface area contributed by atoms with Crippen molar-refractivity contribution in [2.45, 2.75) is 147 Å². The van der Waals surface area contributed by atoms with E-state index in [-0.39, 0.29) is 21.7 Å². The third kappa shape index (κ3) is 4.82. The van der Waals surface area contributed by atoms with E-state index in [1.54, 1.807) is 0 Å². The van der Waals surface area contributed by atoms with Gasteiger partial charge in [0.15, 0.2) is 0 Å². The van der Waals surface area contributed by atoms with Crippen molar-refractivity contribution in [2.24, 2.45) is 39.9 Å². The van der Waals surface area contributed by atoms with Gasteiger partial charge in [-0.2, -0.15) is 10.5 Å². The van der Waals surface area contributed by atoms with E-state index in [1.807, 2.05) is 0 Å². The second kappa shape index (κ2) is 13.2. The number of hydrogen-bond acceptors (Lipinski definition) is 2. The summed E-state index contributed by atoms with van der Waals surface area (Å²) in [7, 11) is 0. The molecule has 7 unspecified atom stereocenters. The fraction of sp³-hybridized carbons (Fsp3) is 0.417. The molecule has 10 aliphatic carbocycles. The van der Waals surface area contributed by atoms with Crippen LogP contribution in [0.5, 0.6) is 0 Å². The topological polar surface area (TPSA) is 52.0 Å². The second-order valence-electron chi connectivity index (χ2n) is 29.4. The minimum Gasteiger partial charge on any atom is -0.308 e. The number of rotatable bonds is 2. The van der Waals surface area contributed by atoms with Crippen LogP contribution >= 0.6 is 0 Å². The quantitative estimate of drug-likeness (QED) is 0.173. The maximum atomic E-state index is 12.0. The normalized spacial score (nSPS) is 30.3. The molecule has 3 heteroatoms. The van der Waals surface area contributed by atoms with Crippen LogP contribution in [0.3, 0.4) is 0 Å². The van der Waals surface area contributed by atoms with E-state index >= 15 is 0 Å². The highest BCUT2D eigenvalue weighted by molar-refractivity contribution is 6.30. The summed E-state index contributed by atoms with van der Waals surface area (Å²) in [5, 5.41) is 32.1. The summed E-state index contributed by atoms with van der Waals surface area (Å²) >= 11 is 0. The molecule has 3 nitrogen and oxygen atoms in total. The predicted molar refractivity (Wildman–Crippen MR) is 304 cm³/mol. The van der Waals surface area contributed by atoms with Gasteiger partial charge in [0.05, 0.1) is 45.2 Å². The molecule has 7 bridgehead atoms. The molecule has 7 aromatic carbocycles. The molecule has 0 N–H and O–H groups in total. The van der Waals surface area contributed by atoms with E-state index in [0.29, 0.717) is 29.1 Å². The predicted octanol–water partition coefficient (Wildman–Crippen LogP) is 18.0. The molecule has 2 spiro atoms. The molecule has 10 aliphatic rings. The third-order valence-electron chi connectivity index (χ3n) is 23.0. The Morgan fingerprint density at radius 1 is 0.520 bits per heavy atom. The molecular formula is C72H65N3. The van der Waals surface area contributed by atoms with Gasteiger partial charge in [-0.15, -0.1) is 0 Å². The van der Waals surface area contributed by atoms with Crippen LogP contribution in [0.25, 0.3) is 71.1 Å². The van der Waals surface area contributed by atoms with Crippen molar-refractivity contribution in [1.29, 1.82) is 10.5 Å². The maximum Gasteiger partial charge on any atom is 0.0995 e. The van der Waals surface area contributed by atoms with Crippen LogP contribution in [0.2, 0.25) is 0 Å². The Bertz CT molecular complexity index is 4200. The molecule has 368 valence electrons. The smallest absolute Gasteiger partial charge is 0.0995 e. The van der Waals surface area contributed by atoms with Crippen LogP contribution in [0.1, 0.15) is 186 Å². The maximum absolute atomic E-state index is 12.0. The molecule has 2 heterocycles. The van der Waals surface area contributed by atoms with E-state index in [9.17, 15) is 10.5 Å². The lowest BCUT2D eigenvalue weighted by Gasteiger charge is -2.49. The van der Waals surface area contributed by atoms with Crippen LogP contribution < -0.4 is 0 Å². The molecule has 2 aromatic heterocycles. The molecule has 0 amide bonds. The van der Waals surface area contributed by atoms with Gasteiger partial charge in [0, 0.05) is 21.5 Å². The largest absolute Gasteiger partial charge is 0.308 e. The summed E-state index contributed by atoms with van der Waals surface area (Å²) in [5.41, 5.74) is 22.3. The van der Waals surface area contributed by atoms with Gasteiger partial charge in [0.1, 0.15) is 0 Å². The van der Waals surface area contributed by atoms with Crippen LogP contribution in [0, 0.1) is 62.6 Å². The summed E-state index contributed by atoms with van der Waals surface area (Å²) in [6.07, 6.45) is 14.7. The lowest BCUT2D eigenvalue weighted by Crippen LogP contribution is -2.41.